The van der Waals surface area contributed by atoms with Crippen molar-refractivity contribution in [2.45, 2.75) is 45.3 Å². The zero-order valence-corrected chi connectivity index (χ0v) is 17.8. The second-order valence-corrected chi connectivity index (χ2v) is 8.49. The van der Waals surface area contributed by atoms with E-state index in [1.807, 2.05) is 36.2 Å². The molecule has 0 N–H and O–H groups in total. The van der Waals surface area contributed by atoms with Crippen molar-refractivity contribution < 1.29 is 9.53 Å². The topological polar surface area (TPSA) is 58.6 Å². The Morgan fingerprint density at radius 3 is 2.64 bits per heavy atom. The van der Waals surface area contributed by atoms with Gasteiger partial charge in [-0.05, 0) is 18.6 Å². The number of aromatic nitrogens is 2. The Labute approximate surface area is 171 Å². The first kappa shape index (κ1) is 20.6. The molecule has 6 nitrogen and oxygen atoms in total. The van der Waals surface area contributed by atoms with Crippen LogP contribution in [-0.2, 0) is 21.6 Å². The van der Waals surface area contributed by atoms with Crippen molar-refractivity contribution in [1.29, 1.82) is 0 Å². The lowest BCUT2D eigenvalue weighted by Crippen LogP contribution is -2.40. The number of nitrogens with zero attached hydrogens (tertiary/aromatic N) is 4. The zero-order chi connectivity index (χ0) is 20.5. The van der Waals surface area contributed by atoms with Gasteiger partial charge in [0.25, 0.3) is 0 Å². The Kier molecular flexibility index (Phi) is 5.91. The number of rotatable bonds is 5. The standard InChI is InChI=1S/C21H27ClN4O2/c1-21(2,3)20-23-14(13-28-5)12-18(24-20)25(4)17-10-11-26(19(17)27)16-9-7-6-8-15(16)22/h6-9,12,17H,10-11,13H2,1-5H3. The molecule has 1 saturated heterocycles. The number of hydrogen-bond donors (Lipinski definition) is 0. The van der Waals surface area contributed by atoms with Crippen molar-refractivity contribution >= 4 is 29.0 Å². The maximum atomic E-state index is 13.1. The fraction of sp³-hybridized carbons (Fsp3) is 0.476. The molecule has 1 aliphatic heterocycles. The molecule has 1 aliphatic rings. The molecule has 150 valence electrons. The van der Waals surface area contributed by atoms with E-state index in [0.717, 1.165) is 23.0 Å². The number of anilines is 2. The van der Waals surface area contributed by atoms with E-state index in [0.29, 0.717) is 24.6 Å². The summed E-state index contributed by atoms with van der Waals surface area (Å²) in [5.74, 6) is 1.49. The van der Waals surface area contributed by atoms with Crippen LogP contribution in [0.25, 0.3) is 0 Å². The molecule has 3 rings (SSSR count). The molecule has 0 aliphatic carbocycles. The van der Waals surface area contributed by atoms with Crippen LogP contribution in [0.1, 0.15) is 38.7 Å². The average molecular weight is 403 g/mol. The molecule has 1 aromatic carbocycles. The third kappa shape index (κ3) is 4.13. The van der Waals surface area contributed by atoms with Crippen LogP contribution in [0, 0.1) is 0 Å². The normalized spacial score (nSPS) is 17.3. The number of halogens is 1. The number of ether oxygens (including phenoxy) is 1. The predicted octanol–water partition coefficient (Wildman–Crippen LogP) is 3.82. The van der Waals surface area contributed by atoms with Crippen LogP contribution in [0.15, 0.2) is 30.3 Å². The van der Waals surface area contributed by atoms with Gasteiger partial charge in [0, 0.05) is 32.2 Å². The van der Waals surface area contributed by atoms with Crippen molar-refractivity contribution in [2.24, 2.45) is 0 Å². The van der Waals surface area contributed by atoms with Gasteiger partial charge >= 0.3 is 0 Å². The maximum absolute atomic E-state index is 13.1. The molecule has 1 atom stereocenters. The first-order valence-electron chi connectivity index (χ1n) is 9.38. The highest BCUT2D eigenvalue weighted by Crippen LogP contribution is 2.32. The highest BCUT2D eigenvalue weighted by atomic mass is 35.5. The summed E-state index contributed by atoms with van der Waals surface area (Å²) in [6.07, 6.45) is 0.703. The number of benzene rings is 1. The number of amides is 1. The minimum Gasteiger partial charge on any atom is -0.378 e. The Hall–Kier alpha value is -2.18. The fourth-order valence-corrected chi connectivity index (χ4v) is 3.55. The van der Waals surface area contributed by atoms with Gasteiger partial charge in [-0.15, -0.1) is 0 Å². The Morgan fingerprint density at radius 1 is 1.29 bits per heavy atom. The monoisotopic (exact) mass is 402 g/mol. The second kappa shape index (κ2) is 8.05. The molecule has 7 heteroatoms. The molecule has 0 bridgehead atoms. The lowest BCUT2D eigenvalue weighted by atomic mass is 9.95. The highest BCUT2D eigenvalue weighted by Gasteiger charge is 2.37. The first-order chi connectivity index (χ1) is 13.2. The molecule has 1 aromatic heterocycles. The number of para-hydroxylation sites is 1. The largest absolute Gasteiger partial charge is 0.378 e. The molecule has 1 amide bonds. The van der Waals surface area contributed by atoms with Crippen LogP contribution in [0.2, 0.25) is 5.02 Å². The molecule has 28 heavy (non-hydrogen) atoms. The predicted molar refractivity (Wildman–Crippen MR) is 112 cm³/mol. The average Bonchev–Trinajstić information content (AvgIpc) is 3.02. The van der Waals surface area contributed by atoms with Crippen molar-refractivity contribution in [3.63, 3.8) is 0 Å². The van der Waals surface area contributed by atoms with Crippen molar-refractivity contribution in [1.82, 2.24) is 9.97 Å². The van der Waals surface area contributed by atoms with Crippen molar-refractivity contribution in [2.75, 3.05) is 30.5 Å². The lowest BCUT2D eigenvalue weighted by molar-refractivity contribution is -0.118. The Bertz CT molecular complexity index is 866. The summed E-state index contributed by atoms with van der Waals surface area (Å²) in [4.78, 5) is 26.2. The second-order valence-electron chi connectivity index (χ2n) is 8.08. The van der Waals surface area contributed by atoms with E-state index in [1.54, 1.807) is 18.1 Å². The van der Waals surface area contributed by atoms with E-state index >= 15 is 0 Å². The van der Waals surface area contributed by atoms with Gasteiger partial charge in [0.1, 0.15) is 17.7 Å². The van der Waals surface area contributed by atoms with Crippen LogP contribution >= 0.6 is 11.6 Å². The molecule has 2 aromatic rings. The Balaban J connectivity index is 1.90. The zero-order valence-electron chi connectivity index (χ0n) is 17.1. The van der Waals surface area contributed by atoms with Crippen LogP contribution in [-0.4, -0.2) is 42.6 Å². The first-order valence-corrected chi connectivity index (χ1v) is 9.76. The Morgan fingerprint density at radius 2 is 2.00 bits per heavy atom. The van der Waals surface area contributed by atoms with Crippen molar-refractivity contribution in [3.05, 3.63) is 46.9 Å². The third-order valence-electron chi connectivity index (χ3n) is 4.88. The van der Waals surface area contributed by atoms with Gasteiger partial charge in [0.2, 0.25) is 5.91 Å². The van der Waals surface area contributed by atoms with E-state index in [9.17, 15) is 4.79 Å². The van der Waals surface area contributed by atoms with Crippen LogP contribution in [0.4, 0.5) is 11.5 Å². The fourth-order valence-electron chi connectivity index (χ4n) is 3.31. The third-order valence-corrected chi connectivity index (χ3v) is 5.20. The number of hydrogen-bond acceptors (Lipinski definition) is 5. The molecule has 0 saturated carbocycles. The molecule has 1 unspecified atom stereocenters. The maximum Gasteiger partial charge on any atom is 0.249 e. The molecule has 1 fully saturated rings. The van der Waals surface area contributed by atoms with Gasteiger partial charge in [0.05, 0.1) is 23.0 Å². The van der Waals surface area contributed by atoms with E-state index < -0.39 is 0 Å². The minimum absolute atomic E-state index is 0.0276. The van der Waals surface area contributed by atoms with Crippen molar-refractivity contribution in [3.8, 4) is 0 Å². The number of methoxy groups -OCH3 is 1. The van der Waals surface area contributed by atoms with E-state index in [1.165, 1.54) is 0 Å². The minimum atomic E-state index is -0.297. The van der Waals surface area contributed by atoms with Gasteiger partial charge in [0.15, 0.2) is 0 Å². The molecule has 2 heterocycles. The summed E-state index contributed by atoms with van der Waals surface area (Å²) < 4.78 is 5.27. The van der Waals surface area contributed by atoms with E-state index in [-0.39, 0.29) is 17.4 Å². The lowest BCUT2D eigenvalue weighted by Gasteiger charge is -2.27. The summed E-state index contributed by atoms with van der Waals surface area (Å²) in [6.45, 7) is 7.24. The van der Waals surface area contributed by atoms with E-state index in [4.69, 9.17) is 21.3 Å². The number of carbonyl (C=O) groups excluding carboxylic acids is 1. The quantitative estimate of drug-likeness (QED) is 0.761. The SMILES string of the molecule is COCc1cc(N(C)C2CCN(c3ccccc3Cl)C2=O)nc(C(C)(C)C)n1. The van der Waals surface area contributed by atoms with Crippen LogP contribution < -0.4 is 9.80 Å². The molecule has 0 radical (unpaired) electrons. The summed E-state index contributed by atoms with van der Waals surface area (Å²) in [5, 5.41) is 0.582. The smallest absolute Gasteiger partial charge is 0.249 e. The van der Waals surface area contributed by atoms with Crippen LogP contribution in [0.5, 0.6) is 0 Å². The summed E-state index contributed by atoms with van der Waals surface area (Å²) in [5.41, 5.74) is 1.35. The van der Waals surface area contributed by atoms with E-state index in [2.05, 4.69) is 25.8 Å². The molecular weight excluding hydrogens is 376 g/mol. The molecule has 0 spiro atoms. The van der Waals surface area contributed by atoms with Gasteiger partial charge in [-0.25, -0.2) is 9.97 Å². The van der Waals surface area contributed by atoms with Gasteiger partial charge in [-0.3, -0.25) is 4.79 Å². The summed E-state index contributed by atoms with van der Waals surface area (Å²) >= 11 is 6.30. The van der Waals surface area contributed by atoms with Gasteiger partial charge in [-0.2, -0.15) is 0 Å². The van der Waals surface area contributed by atoms with Gasteiger partial charge in [-0.1, -0.05) is 44.5 Å². The van der Waals surface area contributed by atoms with Gasteiger partial charge < -0.3 is 14.5 Å². The number of likely N-dealkylation sites (N-methyl/N-ethyl adjacent to an activating group) is 1. The number of carbonyl (C=O) groups is 1. The van der Waals surface area contributed by atoms with Crippen LogP contribution in [0.3, 0.4) is 0 Å². The molecular formula is C21H27ClN4O2. The highest BCUT2D eigenvalue weighted by molar-refractivity contribution is 6.34. The summed E-state index contributed by atoms with van der Waals surface area (Å²) in [6, 6.07) is 9.03. The summed E-state index contributed by atoms with van der Waals surface area (Å²) in [7, 11) is 3.55.